The number of hydrogen-bond donors (Lipinski definition) is 1. The summed E-state index contributed by atoms with van der Waals surface area (Å²) in [5.74, 6) is 0.271. The predicted molar refractivity (Wildman–Crippen MR) is 78.3 cm³/mol. The van der Waals surface area contributed by atoms with Gasteiger partial charge in [-0.1, -0.05) is 0 Å². The van der Waals surface area contributed by atoms with Crippen molar-refractivity contribution in [3.05, 3.63) is 0 Å². The standard InChI is InChI=1S/C15H27N3O2/c1-3-17(4-2)15(20)13-8-6-10-18(13)14(19)11-12-7-5-9-16-12/h12-13,16H,3-11H2,1-2H3. The van der Waals surface area contributed by atoms with Gasteiger partial charge in [-0.3, -0.25) is 9.59 Å². The van der Waals surface area contributed by atoms with Crippen molar-refractivity contribution in [2.24, 2.45) is 0 Å². The zero-order valence-corrected chi connectivity index (χ0v) is 12.7. The Balaban J connectivity index is 1.95. The number of likely N-dealkylation sites (tertiary alicyclic amines) is 1. The van der Waals surface area contributed by atoms with Crippen LogP contribution >= 0.6 is 0 Å². The third-order valence-corrected chi connectivity index (χ3v) is 4.52. The molecule has 2 atom stereocenters. The smallest absolute Gasteiger partial charge is 0.245 e. The van der Waals surface area contributed by atoms with Crippen LogP contribution in [-0.4, -0.2) is 59.9 Å². The van der Waals surface area contributed by atoms with E-state index in [0.717, 1.165) is 51.9 Å². The minimum absolute atomic E-state index is 0.125. The van der Waals surface area contributed by atoms with Crippen LogP contribution in [0.3, 0.4) is 0 Å². The van der Waals surface area contributed by atoms with Gasteiger partial charge in [0.1, 0.15) is 6.04 Å². The summed E-state index contributed by atoms with van der Waals surface area (Å²) in [6, 6.07) is 0.0936. The van der Waals surface area contributed by atoms with Crippen molar-refractivity contribution in [1.82, 2.24) is 15.1 Å². The molecule has 2 rings (SSSR count). The third kappa shape index (κ3) is 3.32. The third-order valence-electron chi connectivity index (χ3n) is 4.52. The molecule has 5 heteroatoms. The summed E-state index contributed by atoms with van der Waals surface area (Å²) in [4.78, 5) is 28.6. The topological polar surface area (TPSA) is 52.7 Å². The average molecular weight is 281 g/mol. The first kappa shape index (κ1) is 15.3. The van der Waals surface area contributed by atoms with Gasteiger partial charge in [-0.15, -0.1) is 0 Å². The fraction of sp³-hybridized carbons (Fsp3) is 0.867. The van der Waals surface area contributed by atoms with E-state index >= 15 is 0 Å². The van der Waals surface area contributed by atoms with Gasteiger partial charge >= 0.3 is 0 Å². The molecule has 0 aromatic carbocycles. The first-order chi connectivity index (χ1) is 9.67. The van der Waals surface area contributed by atoms with Crippen LogP contribution in [0.2, 0.25) is 0 Å². The number of hydrogen-bond acceptors (Lipinski definition) is 3. The number of nitrogens with one attached hydrogen (secondary N) is 1. The predicted octanol–water partition coefficient (Wildman–Crippen LogP) is 0.988. The molecule has 2 fully saturated rings. The summed E-state index contributed by atoms with van der Waals surface area (Å²) in [7, 11) is 0. The number of rotatable bonds is 5. The van der Waals surface area contributed by atoms with Crippen molar-refractivity contribution in [3.63, 3.8) is 0 Å². The molecule has 2 amide bonds. The van der Waals surface area contributed by atoms with Crippen molar-refractivity contribution >= 4 is 11.8 Å². The molecule has 2 aliphatic rings. The summed E-state index contributed by atoms with van der Waals surface area (Å²) in [6.45, 7) is 7.18. The molecule has 2 saturated heterocycles. The highest BCUT2D eigenvalue weighted by molar-refractivity contribution is 5.88. The molecule has 0 radical (unpaired) electrons. The maximum Gasteiger partial charge on any atom is 0.245 e. The first-order valence-corrected chi connectivity index (χ1v) is 7.99. The van der Waals surface area contributed by atoms with E-state index < -0.39 is 0 Å². The van der Waals surface area contributed by atoms with Crippen LogP contribution in [0.5, 0.6) is 0 Å². The SMILES string of the molecule is CCN(CC)C(=O)C1CCCN1C(=O)CC1CCCN1. The number of carbonyl (C=O) groups is 2. The highest BCUT2D eigenvalue weighted by Crippen LogP contribution is 2.22. The highest BCUT2D eigenvalue weighted by Gasteiger charge is 2.36. The first-order valence-electron chi connectivity index (χ1n) is 7.99. The second-order valence-corrected chi connectivity index (χ2v) is 5.75. The molecule has 0 bridgehead atoms. The lowest BCUT2D eigenvalue weighted by molar-refractivity contribution is -0.143. The van der Waals surface area contributed by atoms with E-state index in [0.29, 0.717) is 12.5 Å². The van der Waals surface area contributed by atoms with Crippen LogP contribution < -0.4 is 5.32 Å². The van der Waals surface area contributed by atoms with Crippen LogP contribution in [0.25, 0.3) is 0 Å². The van der Waals surface area contributed by atoms with E-state index in [9.17, 15) is 9.59 Å². The highest BCUT2D eigenvalue weighted by atomic mass is 16.2. The van der Waals surface area contributed by atoms with Crippen LogP contribution in [-0.2, 0) is 9.59 Å². The molecule has 0 spiro atoms. The minimum Gasteiger partial charge on any atom is -0.341 e. The molecule has 2 aliphatic heterocycles. The van der Waals surface area contributed by atoms with E-state index in [-0.39, 0.29) is 17.9 Å². The Hall–Kier alpha value is -1.10. The second-order valence-electron chi connectivity index (χ2n) is 5.75. The fourth-order valence-corrected chi connectivity index (χ4v) is 3.33. The number of carbonyl (C=O) groups excluding carboxylic acids is 2. The van der Waals surface area contributed by atoms with E-state index in [1.54, 1.807) is 0 Å². The van der Waals surface area contributed by atoms with E-state index in [1.165, 1.54) is 0 Å². The lowest BCUT2D eigenvalue weighted by Gasteiger charge is -2.29. The molecule has 5 nitrogen and oxygen atoms in total. The Labute approximate surface area is 121 Å². The molecule has 0 saturated carbocycles. The lowest BCUT2D eigenvalue weighted by atomic mass is 10.1. The molecular formula is C15H27N3O2. The van der Waals surface area contributed by atoms with E-state index in [4.69, 9.17) is 0 Å². The monoisotopic (exact) mass is 281 g/mol. The fourth-order valence-electron chi connectivity index (χ4n) is 3.33. The quantitative estimate of drug-likeness (QED) is 0.817. The summed E-state index contributed by atoms with van der Waals surface area (Å²) < 4.78 is 0. The Morgan fingerprint density at radius 3 is 2.55 bits per heavy atom. The van der Waals surface area contributed by atoms with Crippen LogP contribution in [0.4, 0.5) is 0 Å². The molecule has 2 unspecified atom stereocenters. The zero-order chi connectivity index (χ0) is 14.5. The molecule has 0 aromatic rings. The van der Waals surface area contributed by atoms with Crippen LogP contribution in [0, 0.1) is 0 Å². The minimum atomic E-state index is -0.219. The van der Waals surface area contributed by atoms with Crippen molar-refractivity contribution in [1.29, 1.82) is 0 Å². The molecule has 1 N–H and O–H groups in total. The summed E-state index contributed by atoms with van der Waals surface area (Å²) in [5, 5.41) is 3.36. The van der Waals surface area contributed by atoms with Crippen LogP contribution in [0.15, 0.2) is 0 Å². The number of amides is 2. The van der Waals surface area contributed by atoms with Crippen molar-refractivity contribution in [3.8, 4) is 0 Å². The maximum absolute atomic E-state index is 12.5. The van der Waals surface area contributed by atoms with E-state index in [2.05, 4.69) is 5.32 Å². The van der Waals surface area contributed by atoms with Crippen molar-refractivity contribution in [2.75, 3.05) is 26.2 Å². The normalized spacial score (nSPS) is 26.0. The van der Waals surface area contributed by atoms with Crippen LogP contribution in [0.1, 0.15) is 46.0 Å². The Bertz CT molecular complexity index is 349. The van der Waals surface area contributed by atoms with Crippen molar-refractivity contribution < 1.29 is 9.59 Å². The van der Waals surface area contributed by atoms with Gasteiger partial charge < -0.3 is 15.1 Å². The van der Waals surface area contributed by atoms with Gasteiger partial charge in [0.05, 0.1) is 0 Å². The van der Waals surface area contributed by atoms with Gasteiger partial charge in [0.2, 0.25) is 11.8 Å². The largest absolute Gasteiger partial charge is 0.341 e. The molecular weight excluding hydrogens is 254 g/mol. The van der Waals surface area contributed by atoms with Gasteiger partial charge in [0.25, 0.3) is 0 Å². The molecule has 2 heterocycles. The Morgan fingerprint density at radius 2 is 1.95 bits per heavy atom. The zero-order valence-electron chi connectivity index (χ0n) is 12.7. The lowest BCUT2D eigenvalue weighted by Crippen LogP contribution is -2.48. The summed E-state index contributed by atoms with van der Waals surface area (Å²) in [6.07, 6.45) is 4.54. The number of likely N-dealkylation sites (N-methyl/N-ethyl adjacent to an activating group) is 1. The Morgan fingerprint density at radius 1 is 1.20 bits per heavy atom. The summed E-state index contributed by atoms with van der Waals surface area (Å²) in [5.41, 5.74) is 0. The second kappa shape index (κ2) is 7.07. The average Bonchev–Trinajstić information content (AvgIpc) is 3.10. The summed E-state index contributed by atoms with van der Waals surface area (Å²) >= 11 is 0. The molecule has 20 heavy (non-hydrogen) atoms. The molecule has 0 aliphatic carbocycles. The van der Waals surface area contributed by atoms with Gasteiger partial charge in [0.15, 0.2) is 0 Å². The van der Waals surface area contributed by atoms with Gasteiger partial charge in [-0.2, -0.15) is 0 Å². The molecule has 0 aromatic heterocycles. The van der Waals surface area contributed by atoms with Crippen molar-refractivity contribution in [2.45, 2.75) is 58.0 Å². The Kier molecular flexibility index (Phi) is 5.40. The van der Waals surface area contributed by atoms with Gasteiger partial charge in [0, 0.05) is 32.1 Å². The maximum atomic E-state index is 12.5. The van der Waals surface area contributed by atoms with E-state index in [1.807, 2.05) is 23.6 Å². The van der Waals surface area contributed by atoms with Gasteiger partial charge in [-0.05, 0) is 46.1 Å². The molecule has 114 valence electrons. The van der Waals surface area contributed by atoms with Gasteiger partial charge in [-0.25, -0.2) is 0 Å². The number of nitrogens with zero attached hydrogens (tertiary/aromatic N) is 2.